The molecule has 2 aromatic heterocycles. The molecular formula is C15H14ClN5O. The number of fused-ring (bicyclic) bond motifs is 1. The first kappa shape index (κ1) is 13.5. The van der Waals surface area contributed by atoms with Gasteiger partial charge in [-0.1, -0.05) is 17.7 Å². The molecule has 1 saturated carbocycles. The Balaban J connectivity index is 2.08. The van der Waals surface area contributed by atoms with Gasteiger partial charge in [0.1, 0.15) is 11.6 Å². The number of nitrogens with one attached hydrogen (secondary N) is 1. The third-order valence-corrected chi connectivity index (χ3v) is 4.34. The second kappa shape index (κ2) is 4.93. The van der Waals surface area contributed by atoms with Crippen molar-refractivity contribution in [3.8, 4) is 5.82 Å². The van der Waals surface area contributed by atoms with Gasteiger partial charge in [0.2, 0.25) is 0 Å². The van der Waals surface area contributed by atoms with Crippen LogP contribution in [0.3, 0.4) is 0 Å². The molecular weight excluding hydrogens is 302 g/mol. The van der Waals surface area contributed by atoms with Gasteiger partial charge in [0.05, 0.1) is 28.2 Å². The summed E-state index contributed by atoms with van der Waals surface area (Å²) in [5.41, 5.74) is 6.65. The Kier molecular flexibility index (Phi) is 3.02. The van der Waals surface area contributed by atoms with Gasteiger partial charge in [-0.15, -0.1) is 0 Å². The summed E-state index contributed by atoms with van der Waals surface area (Å²) in [6.07, 6.45) is 3.71. The Bertz CT molecular complexity index is 898. The third-order valence-electron chi connectivity index (χ3n) is 4.03. The van der Waals surface area contributed by atoms with Crippen LogP contribution in [0.1, 0.15) is 24.7 Å². The zero-order valence-electron chi connectivity index (χ0n) is 11.7. The number of H-pyrrole nitrogens is 1. The molecule has 3 N–H and O–H groups in total. The van der Waals surface area contributed by atoms with Gasteiger partial charge < -0.3 is 5.73 Å². The molecule has 1 aliphatic rings. The van der Waals surface area contributed by atoms with Crippen LogP contribution in [-0.4, -0.2) is 19.7 Å². The summed E-state index contributed by atoms with van der Waals surface area (Å²) in [6.45, 7) is 0. The second-order valence-corrected chi connectivity index (χ2v) is 5.96. The van der Waals surface area contributed by atoms with Gasteiger partial charge in [-0.3, -0.25) is 9.89 Å². The molecule has 22 heavy (non-hydrogen) atoms. The van der Waals surface area contributed by atoms with Gasteiger partial charge in [-0.05, 0) is 30.9 Å². The van der Waals surface area contributed by atoms with Crippen LogP contribution < -0.4 is 11.3 Å². The fourth-order valence-corrected chi connectivity index (χ4v) is 2.95. The van der Waals surface area contributed by atoms with Crippen molar-refractivity contribution in [3.05, 3.63) is 51.7 Å². The van der Waals surface area contributed by atoms with E-state index >= 15 is 0 Å². The monoisotopic (exact) mass is 315 g/mol. The summed E-state index contributed by atoms with van der Waals surface area (Å²) in [7, 11) is 0. The van der Waals surface area contributed by atoms with Crippen molar-refractivity contribution in [2.45, 2.75) is 18.9 Å². The van der Waals surface area contributed by atoms with E-state index in [0.29, 0.717) is 33.5 Å². The summed E-state index contributed by atoms with van der Waals surface area (Å²) >= 11 is 6.19. The van der Waals surface area contributed by atoms with Crippen molar-refractivity contribution in [1.82, 2.24) is 19.7 Å². The number of nitrogens with two attached hydrogens (primary N) is 1. The smallest absolute Gasteiger partial charge is 0.268 e. The molecule has 6 nitrogen and oxygen atoms in total. The third kappa shape index (κ3) is 2.03. The average molecular weight is 316 g/mol. The minimum Gasteiger partial charge on any atom is -0.321 e. The molecule has 1 atom stereocenters. The Morgan fingerprint density at radius 1 is 1.36 bits per heavy atom. The van der Waals surface area contributed by atoms with Crippen LogP contribution in [0.5, 0.6) is 0 Å². The maximum Gasteiger partial charge on any atom is 0.268 e. The van der Waals surface area contributed by atoms with Gasteiger partial charge in [0.15, 0.2) is 0 Å². The van der Waals surface area contributed by atoms with Crippen molar-refractivity contribution in [2.75, 3.05) is 0 Å². The standard InChI is InChI=1S/C15H14ClN5O/c16-9-2-1-3-10-12(9)15(22)21(11-6-7-18-20-11)14(19-10)13(17)8-4-5-8/h1-3,6-8,13H,4-5,17H2,(H,18,20). The number of aromatic amines is 1. The van der Waals surface area contributed by atoms with Crippen LogP contribution in [0.15, 0.2) is 35.3 Å². The zero-order chi connectivity index (χ0) is 15.3. The van der Waals surface area contributed by atoms with Crippen molar-refractivity contribution < 1.29 is 0 Å². The number of halogens is 1. The van der Waals surface area contributed by atoms with Crippen LogP contribution in [0.25, 0.3) is 16.7 Å². The number of rotatable bonds is 3. The van der Waals surface area contributed by atoms with E-state index in [1.54, 1.807) is 30.5 Å². The molecule has 7 heteroatoms. The Hall–Kier alpha value is -2.18. The molecule has 112 valence electrons. The summed E-state index contributed by atoms with van der Waals surface area (Å²) in [5.74, 6) is 1.47. The fraction of sp³-hybridized carbons (Fsp3) is 0.267. The van der Waals surface area contributed by atoms with E-state index in [1.165, 1.54) is 4.57 Å². The van der Waals surface area contributed by atoms with Crippen molar-refractivity contribution >= 4 is 22.5 Å². The first-order chi connectivity index (χ1) is 10.7. The van der Waals surface area contributed by atoms with E-state index in [-0.39, 0.29) is 11.6 Å². The zero-order valence-corrected chi connectivity index (χ0v) is 12.4. The van der Waals surface area contributed by atoms with Crippen LogP contribution >= 0.6 is 11.6 Å². The molecule has 4 rings (SSSR count). The molecule has 0 saturated heterocycles. The molecule has 3 aromatic rings. The van der Waals surface area contributed by atoms with E-state index < -0.39 is 0 Å². The van der Waals surface area contributed by atoms with E-state index in [9.17, 15) is 4.79 Å². The van der Waals surface area contributed by atoms with Gasteiger partial charge in [-0.2, -0.15) is 5.10 Å². The van der Waals surface area contributed by atoms with E-state index in [1.807, 2.05) is 0 Å². The molecule has 0 aliphatic heterocycles. The Labute approximate surface area is 130 Å². The molecule has 0 bridgehead atoms. The molecule has 0 spiro atoms. The lowest BCUT2D eigenvalue weighted by atomic mass is 10.1. The van der Waals surface area contributed by atoms with Crippen molar-refractivity contribution in [2.24, 2.45) is 11.7 Å². The molecule has 1 fully saturated rings. The molecule has 1 aromatic carbocycles. The van der Waals surface area contributed by atoms with Crippen LogP contribution in [-0.2, 0) is 0 Å². The predicted molar refractivity (Wildman–Crippen MR) is 84.1 cm³/mol. The highest BCUT2D eigenvalue weighted by molar-refractivity contribution is 6.35. The highest BCUT2D eigenvalue weighted by Crippen LogP contribution is 2.39. The SMILES string of the molecule is NC(c1nc2cccc(Cl)c2c(=O)n1-c1ccn[nH]1)C1CC1. The van der Waals surface area contributed by atoms with E-state index in [2.05, 4.69) is 15.2 Å². The minimum atomic E-state index is -0.278. The summed E-state index contributed by atoms with van der Waals surface area (Å²) < 4.78 is 1.49. The molecule has 0 amide bonds. The maximum absolute atomic E-state index is 13.0. The first-order valence-corrected chi connectivity index (χ1v) is 7.51. The normalized spacial score (nSPS) is 16.1. The lowest BCUT2D eigenvalue weighted by Crippen LogP contribution is -2.29. The molecule has 2 heterocycles. The quantitative estimate of drug-likeness (QED) is 0.775. The number of aromatic nitrogens is 4. The number of hydrogen-bond acceptors (Lipinski definition) is 4. The van der Waals surface area contributed by atoms with Gasteiger partial charge in [-0.25, -0.2) is 9.55 Å². The van der Waals surface area contributed by atoms with Crippen molar-refractivity contribution in [3.63, 3.8) is 0 Å². The number of hydrogen-bond donors (Lipinski definition) is 2. The highest BCUT2D eigenvalue weighted by atomic mass is 35.5. The van der Waals surface area contributed by atoms with Crippen LogP contribution in [0.2, 0.25) is 5.02 Å². The largest absolute Gasteiger partial charge is 0.321 e. The Morgan fingerprint density at radius 3 is 2.86 bits per heavy atom. The van der Waals surface area contributed by atoms with Crippen molar-refractivity contribution in [1.29, 1.82) is 0 Å². The highest BCUT2D eigenvalue weighted by Gasteiger charge is 2.33. The number of benzene rings is 1. The second-order valence-electron chi connectivity index (χ2n) is 5.55. The van der Waals surface area contributed by atoms with Crippen LogP contribution in [0, 0.1) is 5.92 Å². The summed E-state index contributed by atoms with van der Waals surface area (Å²) in [5, 5.41) is 7.50. The van der Waals surface area contributed by atoms with Gasteiger partial charge in [0, 0.05) is 6.07 Å². The molecule has 1 aliphatic carbocycles. The van der Waals surface area contributed by atoms with E-state index in [0.717, 1.165) is 12.8 Å². The number of nitrogens with zero attached hydrogens (tertiary/aromatic N) is 3. The van der Waals surface area contributed by atoms with Crippen LogP contribution in [0.4, 0.5) is 0 Å². The fourth-order valence-electron chi connectivity index (χ4n) is 2.70. The lowest BCUT2D eigenvalue weighted by Gasteiger charge is -2.17. The maximum atomic E-state index is 13.0. The summed E-state index contributed by atoms with van der Waals surface area (Å²) in [6, 6.07) is 6.69. The lowest BCUT2D eigenvalue weighted by molar-refractivity contribution is 0.571. The first-order valence-electron chi connectivity index (χ1n) is 7.13. The Morgan fingerprint density at radius 2 is 2.18 bits per heavy atom. The molecule has 0 radical (unpaired) electrons. The van der Waals surface area contributed by atoms with Gasteiger partial charge in [0.25, 0.3) is 5.56 Å². The molecule has 1 unspecified atom stereocenters. The van der Waals surface area contributed by atoms with Gasteiger partial charge >= 0.3 is 0 Å². The summed E-state index contributed by atoms with van der Waals surface area (Å²) in [4.78, 5) is 17.6. The average Bonchev–Trinajstić information content (AvgIpc) is 3.22. The minimum absolute atomic E-state index is 0.231. The topological polar surface area (TPSA) is 89.6 Å². The predicted octanol–water partition coefficient (Wildman–Crippen LogP) is 2.17. The van der Waals surface area contributed by atoms with E-state index in [4.69, 9.17) is 17.3 Å².